The number of halogens is 1. The highest BCUT2D eigenvalue weighted by Crippen LogP contribution is 2.12. The second-order valence-electron chi connectivity index (χ2n) is 4.28. The molecule has 0 bridgehead atoms. The lowest BCUT2D eigenvalue weighted by atomic mass is 10.2. The summed E-state index contributed by atoms with van der Waals surface area (Å²) in [6.45, 7) is 1.79. The fraction of sp³-hybridized carbons (Fsp3) is 0.167. The lowest BCUT2D eigenvalue weighted by molar-refractivity contribution is 0.534. The molecule has 0 radical (unpaired) electrons. The Morgan fingerprint density at radius 2 is 1.75 bits per heavy atom. The molecule has 2 rings (SSSR count). The number of hydrogen-bond donors (Lipinski definition) is 1. The second kappa shape index (κ2) is 4.71. The van der Waals surface area contributed by atoms with E-state index in [-0.39, 0.29) is 4.90 Å². The van der Waals surface area contributed by atoms with Crippen LogP contribution in [0, 0.1) is 18.2 Å². The number of aromatic nitrogens is 2. The van der Waals surface area contributed by atoms with Crippen LogP contribution in [0.4, 0.5) is 4.39 Å². The zero-order valence-electron chi connectivity index (χ0n) is 10.8. The first-order valence-corrected chi connectivity index (χ1v) is 7.04. The van der Waals surface area contributed by atoms with Crippen LogP contribution in [-0.4, -0.2) is 17.0 Å². The summed E-state index contributed by atoms with van der Waals surface area (Å²) in [5.41, 5.74) is -0.822. The van der Waals surface area contributed by atoms with Crippen LogP contribution in [0.15, 0.2) is 40.2 Å². The molecule has 8 heteroatoms. The fourth-order valence-corrected chi connectivity index (χ4v) is 2.89. The van der Waals surface area contributed by atoms with Crippen LogP contribution in [0.3, 0.4) is 0 Å². The third-order valence-electron chi connectivity index (χ3n) is 2.85. The first-order valence-electron chi connectivity index (χ1n) is 5.60. The van der Waals surface area contributed by atoms with Gasteiger partial charge >= 0.3 is 5.69 Å². The molecule has 0 atom stereocenters. The SMILES string of the molecule is Cc1ccc(S(=O)(=O)n2cc(F)c(=N)n(C)c2=O)cc1. The number of aryl methyl sites for hydroxylation is 1. The Labute approximate surface area is 114 Å². The molecule has 0 aliphatic rings. The number of nitrogens with one attached hydrogen (secondary N) is 1. The van der Waals surface area contributed by atoms with Crippen molar-refractivity contribution in [2.24, 2.45) is 7.05 Å². The molecule has 0 fully saturated rings. The third kappa shape index (κ3) is 2.18. The standard InChI is InChI=1S/C12H12FN3O3S/c1-8-3-5-9(6-4-8)20(18,19)16-7-10(13)11(14)15(2)12(16)17/h3-7,14H,1-2H3. The van der Waals surface area contributed by atoms with Gasteiger partial charge in [-0.25, -0.2) is 17.6 Å². The Bertz CT molecular complexity index is 880. The number of benzene rings is 1. The summed E-state index contributed by atoms with van der Waals surface area (Å²) in [5, 5.41) is 7.30. The van der Waals surface area contributed by atoms with Crippen LogP contribution in [0.2, 0.25) is 0 Å². The van der Waals surface area contributed by atoms with Gasteiger partial charge in [0.1, 0.15) is 0 Å². The van der Waals surface area contributed by atoms with Gasteiger partial charge in [-0.1, -0.05) is 17.7 Å². The van der Waals surface area contributed by atoms with E-state index in [9.17, 15) is 17.6 Å². The topological polar surface area (TPSA) is 84.9 Å². The molecule has 0 saturated carbocycles. The summed E-state index contributed by atoms with van der Waals surface area (Å²) in [7, 11) is -3.05. The smallest absolute Gasteiger partial charge is 0.282 e. The second-order valence-corrected chi connectivity index (χ2v) is 6.10. The highest BCUT2D eigenvalue weighted by molar-refractivity contribution is 7.90. The molecular formula is C12H12FN3O3S. The molecular weight excluding hydrogens is 285 g/mol. The van der Waals surface area contributed by atoms with E-state index < -0.39 is 27.0 Å². The van der Waals surface area contributed by atoms with E-state index in [1.807, 2.05) is 0 Å². The molecule has 0 saturated heterocycles. The average Bonchev–Trinajstić information content (AvgIpc) is 2.41. The summed E-state index contributed by atoms with van der Waals surface area (Å²) in [5.74, 6) is -1.09. The van der Waals surface area contributed by atoms with Gasteiger partial charge in [0, 0.05) is 7.05 Å². The van der Waals surface area contributed by atoms with Gasteiger partial charge in [-0.3, -0.25) is 9.98 Å². The highest BCUT2D eigenvalue weighted by atomic mass is 32.2. The normalized spacial score (nSPS) is 11.6. The van der Waals surface area contributed by atoms with Gasteiger partial charge in [-0.15, -0.1) is 0 Å². The molecule has 6 nitrogen and oxygen atoms in total. The molecule has 0 unspecified atom stereocenters. The maximum atomic E-state index is 13.5. The van der Waals surface area contributed by atoms with Gasteiger partial charge in [-0.2, -0.15) is 3.97 Å². The van der Waals surface area contributed by atoms with E-state index in [2.05, 4.69) is 0 Å². The summed E-state index contributed by atoms with van der Waals surface area (Å²) < 4.78 is 39.0. The predicted octanol–water partition coefficient (Wildman–Crippen LogP) is 0.351. The molecule has 0 aliphatic heterocycles. The largest absolute Gasteiger partial charge is 0.343 e. The maximum absolute atomic E-state index is 13.5. The Morgan fingerprint density at radius 3 is 2.30 bits per heavy atom. The van der Waals surface area contributed by atoms with E-state index in [1.165, 1.54) is 12.1 Å². The number of rotatable bonds is 2. The van der Waals surface area contributed by atoms with Crippen LogP contribution in [-0.2, 0) is 17.1 Å². The van der Waals surface area contributed by atoms with Gasteiger partial charge in [0.05, 0.1) is 11.1 Å². The molecule has 1 aromatic carbocycles. The highest BCUT2D eigenvalue weighted by Gasteiger charge is 2.20. The number of hydrogen-bond acceptors (Lipinski definition) is 4. The van der Waals surface area contributed by atoms with Gasteiger partial charge in [0.15, 0.2) is 11.3 Å². The number of nitrogens with zero attached hydrogens (tertiary/aromatic N) is 2. The third-order valence-corrected chi connectivity index (χ3v) is 4.49. The average molecular weight is 297 g/mol. The van der Waals surface area contributed by atoms with Crippen molar-refractivity contribution in [3.63, 3.8) is 0 Å². The summed E-state index contributed by atoms with van der Waals surface area (Å²) in [6.07, 6.45) is 0.514. The maximum Gasteiger partial charge on any atom is 0.343 e. The molecule has 1 heterocycles. The van der Waals surface area contributed by atoms with Crippen molar-refractivity contribution < 1.29 is 12.8 Å². The van der Waals surface area contributed by atoms with E-state index in [0.29, 0.717) is 14.7 Å². The van der Waals surface area contributed by atoms with Gasteiger partial charge in [-0.05, 0) is 19.1 Å². The molecule has 0 amide bonds. The molecule has 1 aromatic heterocycles. The van der Waals surface area contributed by atoms with Crippen molar-refractivity contribution in [3.8, 4) is 0 Å². The first kappa shape index (κ1) is 14.2. The summed E-state index contributed by atoms with van der Waals surface area (Å²) >= 11 is 0. The fourth-order valence-electron chi connectivity index (χ4n) is 1.62. The Morgan fingerprint density at radius 1 is 1.20 bits per heavy atom. The molecule has 106 valence electrons. The van der Waals surface area contributed by atoms with Gasteiger partial charge in [0.2, 0.25) is 0 Å². The zero-order chi connectivity index (χ0) is 15.1. The zero-order valence-corrected chi connectivity index (χ0v) is 11.6. The van der Waals surface area contributed by atoms with E-state index in [0.717, 1.165) is 12.6 Å². The van der Waals surface area contributed by atoms with Crippen LogP contribution >= 0.6 is 0 Å². The van der Waals surface area contributed by atoms with Gasteiger partial charge in [0.25, 0.3) is 10.0 Å². The van der Waals surface area contributed by atoms with E-state index in [4.69, 9.17) is 5.41 Å². The quantitative estimate of drug-likeness (QED) is 0.868. The molecule has 2 aromatic rings. The Hall–Kier alpha value is -2.22. The molecule has 0 aliphatic carbocycles. The minimum absolute atomic E-state index is 0.123. The Kier molecular flexibility index (Phi) is 3.34. The minimum atomic E-state index is -4.19. The van der Waals surface area contributed by atoms with Gasteiger partial charge < -0.3 is 0 Å². The lowest BCUT2D eigenvalue weighted by Gasteiger charge is -2.09. The van der Waals surface area contributed by atoms with Crippen molar-refractivity contribution in [3.05, 3.63) is 57.8 Å². The van der Waals surface area contributed by atoms with Crippen LogP contribution in [0.5, 0.6) is 0 Å². The van der Waals surface area contributed by atoms with Crippen molar-refractivity contribution >= 4 is 10.0 Å². The van der Waals surface area contributed by atoms with E-state index >= 15 is 0 Å². The first-order chi connectivity index (χ1) is 9.25. The van der Waals surface area contributed by atoms with Crippen molar-refractivity contribution in [2.45, 2.75) is 11.8 Å². The monoisotopic (exact) mass is 297 g/mol. The van der Waals surface area contributed by atoms with Crippen LogP contribution < -0.4 is 11.2 Å². The molecule has 0 spiro atoms. The molecule has 20 heavy (non-hydrogen) atoms. The van der Waals surface area contributed by atoms with Crippen molar-refractivity contribution in [1.82, 2.24) is 8.54 Å². The van der Waals surface area contributed by atoms with Crippen LogP contribution in [0.1, 0.15) is 5.56 Å². The summed E-state index contributed by atoms with van der Waals surface area (Å²) in [6, 6.07) is 5.83. The van der Waals surface area contributed by atoms with Crippen molar-refractivity contribution in [2.75, 3.05) is 0 Å². The minimum Gasteiger partial charge on any atom is -0.282 e. The van der Waals surface area contributed by atoms with Crippen molar-refractivity contribution in [1.29, 1.82) is 5.41 Å². The lowest BCUT2D eigenvalue weighted by Crippen LogP contribution is -2.41. The molecule has 1 N–H and O–H groups in total. The predicted molar refractivity (Wildman–Crippen MR) is 69.2 cm³/mol. The Balaban J connectivity index is 2.77. The van der Waals surface area contributed by atoms with Crippen LogP contribution in [0.25, 0.3) is 0 Å². The van der Waals surface area contributed by atoms with E-state index in [1.54, 1.807) is 19.1 Å². The summed E-state index contributed by atoms with van der Waals surface area (Å²) in [4.78, 5) is 11.8.